The third-order valence-corrected chi connectivity index (χ3v) is 4.00. The van der Waals surface area contributed by atoms with Crippen LogP contribution in [-0.2, 0) is 0 Å². The van der Waals surface area contributed by atoms with E-state index in [1.165, 1.54) is 0 Å². The van der Waals surface area contributed by atoms with E-state index in [2.05, 4.69) is 0 Å². The number of carbonyl (C=O) groups is 1. The molecule has 0 saturated carbocycles. The van der Waals surface area contributed by atoms with E-state index in [-0.39, 0.29) is 18.0 Å². The summed E-state index contributed by atoms with van der Waals surface area (Å²) in [7, 11) is 1.60. The van der Waals surface area contributed by atoms with Gasteiger partial charge in [0, 0.05) is 18.6 Å². The summed E-state index contributed by atoms with van der Waals surface area (Å²) in [6.07, 6.45) is 3.17. The molecule has 2 unspecified atom stereocenters. The fraction of sp³-hybridized carbons (Fsp3) is 0.562. The van der Waals surface area contributed by atoms with Crippen molar-refractivity contribution in [3.8, 4) is 5.75 Å². The Morgan fingerprint density at radius 1 is 1.45 bits per heavy atom. The van der Waals surface area contributed by atoms with E-state index in [1.54, 1.807) is 7.11 Å². The molecule has 1 saturated heterocycles. The van der Waals surface area contributed by atoms with Crippen molar-refractivity contribution in [2.75, 3.05) is 13.7 Å². The second-order valence-electron chi connectivity index (χ2n) is 5.62. The van der Waals surface area contributed by atoms with Gasteiger partial charge in [-0.15, -0.1) is 0 Å². The van der Waals surface area contributed by atoms with Gasteiger partial charge in [-0.2, -0.15) is 0 Å². The Balaban J connectivity index is 2.31. The van der Waals surface area contributed by atoms with E-state index in [9.17, 15) is 4.79 Å². The summed E-state index contributed by atoms with van der Waals surface area (Å²) in [6, 6.07) is 5.83. The van der Waals surface area contributed by atoms with E-state index < -0.39 is 0 Å². The van der Waals surface area contributed by atoms with Crippen LogP contribution in [0, 0.1) is 6.92 Å². The molecule has 1 aliphatic rings. The van der Waals surface area contributed by atoms with Crippen LogP contribution in [0.15, 0.2) is 18.2 Å². The molecular formula is C16H24N2O2. The van der Waals surface area contributed by atoms with Gasteiger partial charge in [0.25, 0.3) is 5.91 Å². The second-order valence-corrected chi connectivity index (χ2v) is 5.62. The van der Waals surface area contributed by atoms with Crippen LogP contribution in [0.4, 0.5) is 0 Å². The average Bonchev–Trinajstić information content (AvgIpc) is 2.46. The van der Waals surface area contributed by atoms with Crippen molar-refractivity contribution in [3.63, 3.8) is 0 Å². The molecule has 1 fully saturated rings. The summed E-state index contributed by atoms with van der Waals surface area (Å²) >= 11 is 0. The Morgan fingerprint density at radius 2 is 2.20 bits per heavy atom. The van der Waals surface area contributed by atoms with Crippen molar-refractivity contribution >= 4 is 5.91 Å². The van der Waals surface area contributed by atoms with E-state index >= 15 is 0 Å². The van der Waals surface area contributed by atoms with E-state index in [0.717, 1.165) is 31.4 Å². The molecule has 2 atom stereocenters. The molecule has 20 heavy (non-hydrogen) atoms. The van der Waals surface area contributed by atoms with Gasteiger partial charge in [-0.05, 0) is 45.2 Å². The van der Waals surface area contributed by atoms with Crippen molar-refractivity contribution in [3.05, 3.63) is 29.3 Å². The standard InChI is InChI=1S/C16H24N2O2/c1-11-7-8-15(20-3)13(10-11)16(19)18-9-5-4-6-14(18)12(2)17/h7-8,10,12,14H,4-6,9,17H2,1-3H3. The first-order valence-corrected chi connectivity index (χ1v) is 7.25. The molecular weight excluding hydrogens is 252 g/mol. The SMILES string of the molecule is COc1ccc(C)cc1C(=O)N1CCCCC1C(C)N. The quantitative estimate of drug-likeness (QED) is 0.922. The average molecular weight is 276 g/mol. The van der Waals surface area contributed by atoms with Crippen LogP contribution in [0.3, 0.4) is 0 Å². The number of rotatable bonds is 3. The van der Waals surface area contributed by atoms with Crippen LogP contribution >= 0.6 is 0 Å². The van der Waals surface area contributed by atoms with Gasteiger partial charge in [-0.3, -0.25) is 4.79 Å². The molecule has 0 aromatic heterocycles. The zero-order valence-corrected chi connectivity index (χ0v) is 12.6. The minimum Gasteiger partial charge on any atom is -0.496 e. The highest BCUT2D eigenvalue weighted by Gasteiger charge is 2.31. The number of carbonyl (C=O) groups excluding carboxylic acids is 1. The number of piperidine rings is 1. The molecule has 1 aromatic carbocycles. The maximum absolute atomic E-state index is 12.8. The number of methoxy groups -OCH3 is 1. The summed E-state index contributed by atoms with van der Waals surface area (Å²) in [6.45, 7) is 4.74. The number of nitrogens with two attached hydrogens (primary N) is 1. The fourth-order valence-corrected chi connectivity index (χ4v) is 2.90. The summed E-state index contributed by atoms with van der Waals surface area (Å²) in [5.74, 6) is 0.669. The number of likely N-dealkylation sites (tertiary alicyclic amines) is 1. The minimum atomic E-state index is -0.00458. The highest BCUT2D eigenvalue weighted by Crippen LogP contribution is 2.26. The van der Waals surface area contributed by atoms with Crippen molar-refractivity contribution in [2.45, 2.75) is 45.2 Å². The van der Waals surface area contributed by atoms with Crippen LogP contribution in [-0.4, -0.2) is 36.5 Å². The topological polar surface area (TPSA) is 55.6 Å². The molecule has 1 heterocycles. The lowest BCUT2D eigenvalue weighted by molar-refractivity contribution is 0.0580. The first-order chi connectivity index (χ1) is 9.54. The molecule has 0 aliphatic carbocycles. The predicted octanol–water partition coefficient (Wildman–Crippen LogP) is 2.35. The Labute approximate surface area is 120 Å². The number of amides is 1. The van der Waals surface area contributed by atoms with E-state index in [0.29, 0.717) is 11.3 Å². The molecule has 4 nitrogen and oxygen atoms in total. The molecule has 4 heteroatoms. The van der Waals surface area contributed by atoms with E-state index in [1.807, 2.05) is 36.9 Å². The lowest BCUT2D eigenvalue weighted by atomic mass is 9.95. The highest BCUT2D eigenvalue weighted by atomic mass is 16.5. The molecule has 0 bridgehead atoms. The Bertz CT molecular complexity index is 485. The highest BCUT2D eigenvalue weighted by molar-refractivity contribution is 5.97. The summed E-state index contributed by atoms with van der Waals surface area (Å²) in [5.41, 5.74) is 7.75. The first-order valence-electron chi connectivity index (χ1n) is 7.25. The molecule has 0 spiro atoms. The minimum absolute atomic E-state index is 0.00458. The molecule has 1 amide bonds. The lowest BCUT2D eigenvalue weighted by Gasteiger charge is -2.38. The van der Waals surface area contributed by atoms with Crippen molar-refractivity contribution in [1.29, 1.82) is 0 Å². The van der Waals surface area contributed by atoms with Crippen LogP contribution in [0.1, 0.15) is 42.1 Å². The normalized spacial score (nSPS) is 20.6. The predicted molar refractivity (Wildman–Crippen MR) is 80.1 cm³/mol. The Kier molecular flexibility index (Phi) is 4.65. The van der Waals surface area contributed by atoms with Gasteiger partial charge in [0.1, 0.15) is 5.75 Å². The largest absolute Gasteiger partial charge is 0.496 e. The number of hydrogen-bond donors (Lipinski definition) is 1. The zero-order valence-electron chi connectivity index (χ0n) is 12.6. The number of hydrogen-bond acceptors (Lipinski definition) is 3. The van der Waals surface area contributed by atoms with Crippen molar-refractivity contribution in [1.82, 2.24) is 4.90 Å². The monoisotopic (exact) mass is 276 g/mol. The number of nitrogens with zero attached hydrogens (tertiary/aromatic N) is 1. The van der Waals surface area contributed by atoms with Gasteiger partial charge < -0.3 is 15.4 Å². The molecule has 1 aliphatic heterocycles. The third kappa shape index (κ3) is 2.96. The van der Waals surface area contributed by atoms with Gasteiger partial charge in [0.15, 0.2) is 0 Å². The smallest absolute Gasteiger partial charge is 0.257 e. The van der Waals surface area contributed by atoms with Crippen LogP contribution < -0.4 is 10.5 Å². The molecule has 2 rings (SSSR count). The second kappa shape index (κ2) is 6.27. The van der Waals surface area contributed by atoms with Gasteiger partial charge in [0.2, 0.25) is 0 Å². The molecule has 1 aromatic rings. The maximum atomic E-state index is 12.8. The van der Waals surface area contributed by atoms with Gasteiger partial charge in [-0.25, -0.2) is 0 Å². The molecule has 2 N–H and O–H groups in total. The van der Waals surface area contributed by atoms with Gasteiger partial charge >= 0.3 is 0 Å². The van der Waals surface area contributed by atoms with Gasteiger partial charge in [-0.1, -0.05) is 11.6 Å². The van der Waals surface area contributed by atoms with Crippen molar-refractivity contribution in [2.24, 2.45) is 5.73 Å². The summed E-state index contributed by atoms with van der Waals surface area (Å²) in [4.78, 5) is 14.8. The maximum Gasteiger partial charge on any atom is 0.257 e. The lowest BCUT2D eigenvalue weighted by Crippen LogP contribution is -2.51. The van der Waals surface area contributed by atoms with Crippen molar-refractivity contribution < 1.29 is 9.53 Å². The molecule has 110 valence electrons. The first kappa shape index (κ1) is 14.9. The third-order valence-electron chi connectivity index (χ3n) is 4.00. The Hall–Kier alpha value is -1.55. The van der Waals surface area contributed by atoms with Crippen LogP contribution in [0.25, 0.3) is 0 Å². The van der Waals surface area contributed by atoms with Crippen LogP contribution in [0.2, 0.25) is 0 Å². The number of ether oxygens (including phenoxy) is 1. The summed E-state index contributed by atoms with van der Waals surface area (Å²) < 4.78 is 5.33. The summed E-state index contributed by atoms with van der Waals surface area (Å²) in [5, 5.41) is 0. The van der Waals surface area contributed by atoms with E-state index in [4.69, 9.17) is 10.5 Å². The van der Waals surface area contributed by atoms with Gasteiger partial charge in [0.05, 0.1) is 12.7 Å². The fourth-order valence-electron chi connectivity index (χ4n) is 2.90. The number of benzene rings is 1. The zero-order chi connectivity index (χ0) is 14.7. The number of aryl methyl sites for hydroxylation is 1. The molecule has 0 radical (unpaired) electrons. The Morgan fingerprint density at radius 3 is 2.85 bits per heavy atom. The van der Waals surface area contributed by atoms with Crippen LogP contribution in [0.5, 0.6) is 5.75 Å².